The number of hydrogen-bond donors (Lipinski definition) is 0. The molecule has 3 rings (SSSR count). The fraction of sp³-hybridized carbons (Fsp3) is 0.529. The number of rotatable bonds is 3. The van der Waals surface area contributed by atoms with Gasteiger partial charge in [-0.3, -0.25) is 19.4 Å². The van der Waals surface area contributed by atoms with Gasteiger partial charge in [0.1, 0.15) is 0 Å². The Labute approximate surface area is 136 Å². The van der Waals surface area contributed by atoms with E-state index in [9.17, 15) is 4.79 Å². The normalized spacial score (nSPS) is 17.7. The SMILES string of the molecule is Cc1cncc([C@H]2CCCN2C(=O)Cc2c(C)nn(C)c2C)n1. The quantitative estimate of drug-likeness (QED) is 0.870. The Balaban J connectivity index is 1.81. The van der Waals surface area contributed by atoms with Crippen LogP contribution in [-0.4, -0.2) is 37.1 Å². The van der Waals surface area contributed by atoms with Crippen molar-refractivity contribution in [3.05, 3.63) is 40.7 Å². The van der Waals surface area contributed by atoms with Crippen molar-refractivity contribution >= 4 is 5.91 Å². The minimum Gasteiger partial charge on any atom is -0.334 e. The van der Waals surface area contributed by atoms with Crippen molar-refractivity contribution in [3.63, 3.8) is 0 Å². The standard InChI is InChI=1S/C17H23N5O/c1-11-9-18-10-15(19-11)16-6-5-7-22(16)17(23)8-14-12(2)20-21(4)13(14)3/h9-10,16H,5-8H2,1-4H3/t16-/m1/s1. The summed E-state index contributed by atoms with van der Waals surface area (Å²) < 4.78 is 1.84. The molecule has 2 aromatic heterocycles. The number of aryl methyl sites for hydroxylation is 3. The van der Waals surface area contributed by atoms with Crippen LogP contribution in [0.5, 0.6) is 0 Å². The summed E-state index contributed by atoms with van der Waals surface area (Å²) in [4.78, 5) is 23.6. The summed E-state index contributed by atoms with van der Waals surface area (Å²) in [6.07, 6.45) is 5.89. The van der Waals surface area contributed by atoms with Gasteiger partial charge in [-0.1, -0.05) is 0 Å². The van der Waals surface area contributed by atoms with E-state index >= 15 is 0 Å². The fourth-order valence-corrected chi connectivity index (χ4v) is 3.34. The number of aromatic nitrogens is 4. The first-order chi connectivity index (χ1) is 11.0. The van der Waals surface area contributed by atoms with Crippen molar-refractivity contribution in [2.24, 2.45) is 7.05 Å². The molecule has 2 aromatic rings. The lowest BCUT2D eigenvalue weighted by atomic mass is 10.1. The Hall–Kier alpha value is -2.24. The molecule has 0 unspecified atom stereocenters. The third-order valence-electron chi connectivity index (χ3n) is 4.68. The van der Waals surface area contributed by atoms with Crippen LogP contribution >= 0.6 is 0 Å². The topological polar surface area (TPSA) is 63.9 Å². The highest BCUT2D eigenvalue weighted by Gasteiger charge is 2.31. The van der Waals surface area contributed by atoms with E-state index in [4.69, 9.17) is 0 Å². The number of amides is 1. The Kier molecular flexibility index (Phi) is 4.15. The first-order valence-corrected chi connectivity index (χ1v) is 8.04. The molecular formula is C17H23N5O. The summed E-state index contributed by atoms with van der Waals surface area (Å²) in [5.74, 6) is 0.148. The number of nitrogens with zero attached hydrogens (tertiary/aromatic N) is 5. The van der Waals surface area contributed by atoms with Crippen molar-refractivity contribution in [1.29, 1.82) is 0 Å². The van der Waals surface area contributed by atoms with E-state index < -0.39 is 0 Å². The van der Waals surface area contributed by atoms with Crippen molar-refractivity contribution in [3.8, 4) is 0 Å². The predicted octanol–water partition coefficient (Wildman–Crippen LogP) is 2.04. The largest absolute Gasteiger partial charge is 0.334 e. The first kappa shape index (κ1) is 15.6. The fourth-order valence-electron chi connectivity index (χ4n) is 3.34. The van der Waals surface area contributed by atoms with E-state index in [1.54, 1.807) is 12.4 Å². The smallest absolute Gasteiger partial charge is 0.227 e. The molecule has 0 radical (unpaired) electrons. The molecule has 0 aromatic carbocycles. The summed E-state index contributed by atoms with van der Waals surface area (Å²) in [5, 5.41) is 4.40. The third-order valence-corrected chi connectivity index (χ3v) is 4.68. The lowest BCUT2D eigenvalue weighted by molar-refractivity contribution is -0.131. The zero-order chi connectivity index (χ0) is 16.6. The van der Waals surface area contributed by atoms with Gasteiger partial charge in [-0.15, -0.1) is 0 Å². The maximum atomic E-state index is 12.8. The van der Waals surface area contributed by atoms with Crippen molar-refractivity contribution in [2.75, 3.05) is 6.54 Å². The van der Waals surface area contributed by atoms with Gasteiger partial charge in [-0.2, -0.15) is 5.10 Å². The summed E-state index contributed by atoms with van der Waals surface area (Å²) in [7, 11) is 1.91. The second-order valence-electron chi connectivity index (χ2n) is 6.28. The van der Waals surface area contributed by atoms with Gasteiger partial charge in [0.25, 0.3) is 0 Å². The molecule has 1 amide bonds. The molecule has 0 spiro atoms. The van der Waals surface area contributed by atoms with Gasteiger partial charge in [-0.05, 0) is 33.6 Å². The molecule has 122 valence electrons. The molecule has 1 aliphatic rings. The molecule has 1 saturated heterocycles. The lowest BCUT2D eigenvalue weighted by Crippen LogP contribution is -2.32. The average Bonchev–Trinajstić information content (AvgIpc) is 3.08. The van der Waals surface area contributed by atoms with Crippen molar-refractivity contribution in [2.45, 2.75) is 46.1 Å². The van der Waals surface area contributed by atoms with Gasteiger partial charge in [0.2, 0.25) is 5.91 Å². The molecule has 3 heterocycles. The van der Waals surface area contributed by atoms with Crippen LogP contribution in [0.15, 0.2) is 12.4 Å². The molecule has 0 aliphatic carbocycles. The van der Waals surface area contributed by atoms with E-state index in [-0.39, 0.29) is 11.9 Å². The lowest BCUT2D eigenvalue weighted by Gasteiger charge is -2.24. The third kappa shape index (κ3) is 2.98. The molecule has 0 saturated carbocycles. The summed E-state index contributed by atoms with van der Waals surface area (Å²) in [6.45, 7) is 6.69. The van der Waals surface area contributed by atoms with E-state index in [0.717, 1.165) is 47.7 Å². The Bertz CT molecular complexity index is 737. The monoisotopic (exact) mass is 313 g/mol. The molecule has 1 fully saturated rings. The number of carbonyl (C=O) groups excluding carboxylic acids is 1. The minimum absolute atomic E-state index is 0.0483. The van der Waals surface area contributed by atoms with Crippen LogP contribution in [0.1, 0.15) is 47.2 Å². The van der Waals surface area contributed by atoms with Gasteiger partial charge in [-0.25, -0.2) is 0 Å². The van der Waals surface area contributed by atoms with Gasteiger partial charge < -0.3 is 4.90 Å². The Morgan fingerprint density at radius 3 is 2.74 bits per heavy atom. The second-order valence-corrected chi connectivity index (χ2v) is 6.28. The van der Waals surface area contributed by atoms with Crippen LogP contribution in [-0.2, 0) is 18.3 Å². The molecular weight excluding hydrogens is 290 g/mol. The van der Waals surface area contributed by atoms with E-state index in [1.165, 1.54) is 0 Å². The highest BCUT2D eigenvalue weighted by molar-refractivity contribution is 5.80. The molecule has 1 atom stereocenters. The first-order valence-electron chi connectivity index (χ1n) is 8.04. The van der Waals surface area contributed by atoms with Gasteiger partial charge in [0, 0.05) is 31.0 Å². The minimum atomic E-state index is 0.0483. The van der Waals surface area contributed by atoms with Gasteiger partial charge in [0.05, 0.1) is 35.7 Å². The zero-order valence-corrected chi connectivity index (χ0v) is 14.2. The highest BCUT2D eigenvalue weighted by atomic mass is 16.2. The van der Waals surface area contributed by atoms with Gasteiger partial charge >= 0.3 is 0 Å². The predicted molar refractivity (Wildman–Crippen MR) is 86.8 cm³/mol. The van der Waals surface area contributed by atoms with Crippen LogP contribution in [0.3, 0.4) is 0 Å². The van der Waals surface area contributed by atoms with Crippen LogP contribution < -0.4 is 0 Å². The summed E-state index contributed by atoms with van der Waals surface area (Å²) in [5.41, 5.74) is 4.82. The van der Waals surface area contributed by atoms with Crippen molar-refractivity contribution < 1.29 is 4.79 Å². The van der Waals surface area contributed by atoms with Crippen LogP contribution in [0.2, 0.25) is 0 Å². The van der Waals surface area contributed by atoms with E-state index in [0.29, 0.717) is 6.42 Å². The van der Waals surface area contributed by atoms with E-state index in [2.05, 4.69) is 15.1 Å². The molecule has 6 heteroatoms. The van der Waals surface area contributed by atoms with Crippen molar-refractivity contribution in [1.82, 2.24) is 24.6 Å². The molecule has 6 nitrogen and oxygen atoms in total. The van der Waals surface area contributed by atoms with E-state index in [1.807, 2.05) is 37.4 Å². The van der Waals surface area contributed by atoms with Crippen LogP contribution in [0.25, 0.3) is 0 Å². The maximum Gasteiger partial charge on any atom is 0.227 e. The Morgan fingerprint density at radius 2 is 2.09 bits per heavy atom. The highest BCUT2D eigenvalue weighted by Crippen LogP contribution is 2.31. The molecule has 0 N–H and O–H groups in total. The second kappa shape index (κ2) is 6.10. The maximum absolute atomic E-state index is 12.8. The average molecular weight is 313 g/mol. The molecule has 0 bridgehead atoms. The molecule has 1 aliphatic heterocycles. The summed E-state index contributed by atoms with van der Waals surface area (Å²) >= 11 is 0. The Morgan fingerprint density at radius 1 is 1.30 bits per heavy atom. The number of carbonyl (C=O) groups is 1. The number of likely N-dealkylation sites (tertiary alicyclic amines) is 1. The summed E-state index contributed by atoms with van der Waals surface area (Å²) in [6, 6.07) is 0.0483. The van der Waals surface area contributed by atoms with Crippen LogP contribution in [0.4, 0.5) is 0 Å². The van der Waals surface area contributed by atoms with Gasteiger partial charge in [0.15, 0.2) is 0 Å². The molecule has 23 heavy (non-hydrogen) atoms. The zero-order valence-electron chi connectivity index (χ0n) is 14.2. The number of hydrogen-bond acceptors (Lipinski definition) is 4. The van der Waals surface area contributed by atoms with Crippen LogP contribution in [0, 0.1) is 20.8 Å².